The lowest BCUT2D eigenvalue weighted by Gasteiger charge is -2.26. The standard InChI is InChI=1S/C16H13ClF2O/c1-16(15(17)20,10-11-5-3-2-4-6-11)12-7-8-13(18)14(19)9-12/h2-9H,10H2,1H3. The van der Waals surface area contributed by atoms with Crippen LogP contribution in [0.2, 0.25) is 0 Å². The molecule has 1 nitrogen and oxygen atoms in total. The number of rotatable bonds is 4. The summed E-state index contributed by atoms with van der Waals surface area (Å²) >= 11 is 5.71. The number of halogens is 3. The molecule has 1 atom stereocenters. The SMILES string of the molecule is CC(Cc1ccccc1)(C(=O)Cl)c1ccc(F)c(F)c1. The van der Waals surface area contributed by atoms with Crippen molar-refractivity contribution in [2.24, 2.45) is 0 Å². The highest BCUT2D eigenvalue weighted by molar-refractivity contribution is 6.65. The summed E-state index contributed by atoms with van der Waals surface area (Å²) in [5.74, 6) is -1.93. The van der Waals surface area contributed by atoms with Crippen LogP contribution in [-0.4, -0.2) is 5.24 Å². The van der Waals surface area contributed by atoms with E-state index in [9.17, 15) is 13.6 Å². The molecule has 2 aromatic carbocycles. The van der Waals surface area contributed by atoms with Crippen molar-refractivity contribution in [3.63, 3.8) is 0 Å². The molecule has 1 unspecified atom stereocenters. The van der Waals surface area contributed by atoms with E-state index in [1.165, 1.54) is 6.07 Å². The summed E-state index contributed by atoms with van der Waals surface area (Å²) in [6, 6.07) is 12.7. The average molecular weight is 295 g/mol. The van der Waals surface area contributed by atoms with Gasteiger partial charge in [-0.15, -0.1) is 0 Å². The molecule has 0 fully saturated rings. The van der Waals surface area contributed by atoms with Gasteiger partial charge in [0, 0.05) is 0 Å². The first-order chi connectivity index (χ1) is 9.43. The van der Waals surface area contributed by atoms with E-state index in [0.717, 1.165) is 17.7 Å². The third kappa shape index (κ3) is 2.88. The minimum atomic E-state index is -1.10. The zero-order chi connectivity index (χ0) is 14.8. The molecule has 0 radical (unpaired) electrons. The molecule has 2 rings (SSSR count). The smallest absolute Gasteiger partial charge is 0.232 e. The van der Waals surface area contributed by atoms with Gasteiger partial charge in [-0.2, -0.15) is 0 Å². The van der Waals surface area contributed by atoms with Crippen LogP contribution in [-0.2, 0) is 16.6 Å². The van der Waals surface area contributed by atoms with Gasteiger partial charge in [-0.05, 0) is 48.2 Å². The molecule has 20 heavy (non-hydrogen) atoms. The maximum Gasteiger partial charge on any atom is 0.232 e. The fraction of sp³-hybridized carbons (Fsp3) is 0.188. The van der Waals surface area contributed by atoms with Crippen molar-refractivity contribution in [3.8, 4) is 0 Å². The number of benzene rings is 2. The molecule has 0 aliphatic rings. The molecular formula is C16H13ClF2O. The summed E-state index contributed by atoms with van der Waals surface area (Å²) in [6.45, 7) is 1.63. The molecule has 2 aromatic rings. The summed E-state index contributed by atoms with van der Waals surface area (Å²) in [5.41, 5.74) is 0.159. The first-order valence-electron chi connectivity index (χ1n) is 6.13. The number of carbonyl (C=O) groups excluding carboxylic acids is 1. The molecule has 0 spiro atoms. The van der Waals surface area contributed by atoms with Gasteiger partial charge >= 0.3 is 0 Å². The second-order valence-corrected chi connectivity index (χ2v) is 5.24. The minimum Gasteiger partial charge on any atom is -0.280 e. The molecule has 0 bridgehead atoms. The van der Waals surface area contributed by atoms with Gasteiger partial charge < -0.3 is 0 Å². The van der Waals surface area contributed by atoms with Crippen LogP contribution in [0.3, 0.4) is 0 Å². The summed E-state index contributed by atoms with van der Waals surface area (Å²) in [6.07, 6.45) is 0.321. The molecule has 0 aliphatic carbocycles. The molecule has 4 heteroatoms. The van der Waals surface area contributed by atoms with Gasteiger partial charge in [0.25, 0.3) is 0 Å². The van der Waals surface area contributed by atoms with Crippen LogP contribution < -0.4 is 0 Å². The summed E-state index contributed by atoms with van der Waals surface area (Å²) in [7, 11) is 0. The highest BCUT2D eigenvalue weighted by atomic mass is 35.5. The Morgan fingerprint density at radius 2 is 1.75 bits per heavy atom. The van der Waals surface area contributed by atoms with E-state index in [2.05, 4.69) is 0 Å². The highest BCUT2D eigenvalue weighted by Gasteiger charge is 2.34. The highest BCUT2D eigenvalue weighted by Crippen LogP contribution is 2.31. The number of hydrogen-bond acceptors (Lipinski definition) is 1. The van der Waals surface area contributed by atoms with Crippen LogP contribution in [0.25, 0.3) is 0 Å². The van der Waals surface area contributed by atoms with Crippen molar-refractivity contribution in [1.82, 2.24) is 0 Å². The molecule has 0 saturated heterocycles. The predicted octanol–water partition coefficient (Wildman–Crippen LogP) is 4.23. The second-order valence-electron chi connectivity index (χ2n) is 4.90. The van der Waals surface area contributed by atoms with Crippen molar-refractivity contribution >= 4 is 16.8 Å². The first-order valence-corrected chi connectivity index (χ1v) is 6.50. The minimum absolute atomic E-state index is 0.321. The summed E-state index contributed by atoms with van der Waals surface area (Å²) in [5, 5.41) is -0.604. The molecule has 104 valence electrons. The second kappa shape index (κ2) is 5.71. The lowest BCUT2D eigenvalue weighted by atomic mass is 9.78. The van der Waals surface area contributed by atoms with E-state index >= 15 is 0 Å². The Morgan fingerprint density at radius 1 is 1.10 bits per heavy atom. The van der Waals surface area contributed by atoms with Crippen LogP contribution in [0.1, 0.15) is 18.1 Å². The first kappa shape index (κ1) is 14.7. The zero-order valence-corrected chi connectivity index (χ0v) is 11.6. The Bertz CT molecular complexity index is 628. The van der Waals surface area contributed by atoms with Crippen molar-refractivity contribution in [2.75, 3.05) is 0 Å². The van der Waals surface area contributed by atoms with Crippen LogP contribution in [0.15, 0.2) is 48.5 Å². The number of carbonyl (C=O) groups is 1. The van der Waals surface area contributed by atoms with Gasteiger partial charge in [-0.25, -0.2) is 8.78 Å². The maximum absolute atomic E-state index is 13.4. The maximum atomic E-state index is 13.4. The van der Waals surface area contributed by atoms with Gasteiger partial charge in [0.15, 0.2) is 11.6 Å². The summed E-state index contributed by atoms with van der Waals surface area (Å²) < 4.78 is 26.4. The Morgan fingerprint density at radius 3 is 2.30 bits per heavy atom. The monoisotopic (exact) mass is 294 g/mol. The topological polar surface area (TPSA) is 17.1 Å². The van der Waals surface area contributed by atoms with E-state index in [-0.39, 0.29) is 0 Å². The van der Waals surface area contributed by atoms with Gasteiger partial charge in [0.1, 0.15) is 0 Å². The summed E-state index contributed by atoms with van der Waals surface area (Å²) in [4.78, 5) is 11.8. The van der Waals surface area contributed by atoms with E-state index in [4.69, 9.17) is 11.6 Å². The lowest BCUT2D eigenvalue weighted by molar-refractivity contribution is -0.116. The van der Waals surface area contributed by atoms with Crippen molar-refractivity contribution in [3.05, 3.63) is 71.3 Å². The molecular weight excluding hydrogens is 282 g/mol. The third-order valence-electron chi connectivity index (χ3n) is 3.39. The molecule has 0 saturated carbocycles. The molecule has 0 heterocycles. The quantitative estimate of drug-likeness (QED) is 0.771. The van der Waals surface area contributed by atoms with Crippen LogP contribution >= 0.6 is 11.6 Å². The van der Waals surface area contributed by atoms with Gasteiger partial charge in [0.05, 0.1) is 5.41 Å². The van der Waals surface area contributed by atoms with Crippen molar-refractivity contribution in [1.29, 1.82) is 0 Å². The van der Waals surface area contributed by atoms with Crippen LogP contribution in [0, 0.1) is 11.6 Å². The van der Waals surface area contributed by atoms with E-state index in [1.54, 1.807) is 6.92 Å². The number of hydrogen-bond donors (Lipinski definition) is 0. The van der Waals surface area contributed by atoms with E-state index in [1.807, 2.05) is 30.3 Å². The van der Waals surface area contributed by atoms with Crippen LogP contribution in [0.5, 0.6) is 0 Å². The van der Waals surface area contributed by atoms with Crippen LogP contribution in [0.4, 0.5) is 8.78 Å². The van der Waals surface area contributed by atoms with Gasteiger partial charge in [0.2, 0.25) is 5.24 Å². The zero-order valence-electron chi connectivity index (χ0n) is 10.9. The van der Waals surface area contributed by atoms with E-state index < -0.39 is 22.3 Å². The Labute approximate surface area is 121 Å². The van der Waals surface area contributed by atoms with Gasteiger partial charge in [-0.1, -0.05) is 36.4 Å². The average Bonchev–Trinajstić information content (AvgIpc) is 2.42. The van der Waals surface area contributed by atoms with E-state index in [0.29, 0.717) is 12.0 Å². The Hall–Kier alpha value is -1.74. The lowest BCUT2D eigenvalue weighted by Crippen LogP contribution is -2.32. The third-order valence-corrected chi connectivity index (χ3v) is 3.81. The fourth-order valence-corrected chi connectivity index (χ4v) is 2.30. The molecule has 0 aromatic heterocycles. The predicted molar refractivity (Wildman–Crippen MR) is 74.7 cm³/mol. The molecule has 0 amide bonds. The normalized spacial score (nSPS) is 13.8. The van der Waals surface area contributed by atoms with Crippen molar-refractivity contribution in [2.45, 2.75) is 18.8 Å². The molecule has 0 aliphatic heterocycles. The largest absolute Gasteiger partial charge is 0.280 e. The fourth-order valence-electron chi connectivity index (χ4n) is 2.13. The van der Waals surface area contributed by atoms with Gasteiger partial charge in [-0.3, -0.25) is 4.79 Å². The Kier molecular flexibility index (Phi) is 4.19. The Balaban J connectivity index is 2.43. The molecule has 0 N–H and O–H groups in total. The van der Waals surface area contributed by atoms with Crippen molar-refractivity contribution < 1.29 is 13.6 Å².